The molecular weight excluding hydrogens is 262 g/mol. The van der Waals surface area contributed by atoms with Crippen LogP contribution in [0.3, 0.4) is 0 Å². The summed E-state index contributed by atoms with van der Waals surface area (Å²) >= 11 is 0. The molecule has 0 fully saturated rings. The van der Waals surface area contributed by atoms with E-state index in [0.717, 1.165) is 5.56 Å². The Labute approximate surface area is 126 Å². The Morgan fingerprint density at radius 2 is 1.81 bits per heavy atom. The van der Waals surface area contributed by atoms with Gasteiger partial charge in [0.1, 0.15) is 0 Å². The number of hydrogen-bond donors (Lipinski definition) is 0. The van der Waals surface area contributed by atoms with Crippen LogP contribution >= 0.6 is 0 Å². The summed E-state index contributed by atoms with van der Waals surface area (Å²) in [6.07, 6.45) is 2.47. The van der Waals surface area contributed by atoms with E-state index in [1.54, 1.807) is 6.08 Å². The lowest BCUT2D eigenvalue weighted by Gasteiger charge is -2.18. The third-order valence-electron chi connectivity index (χ3n) is 3.33. The summed E-state index contributed by atoms with van der Waals surface area (Å²) in [5.74, 6) is 0.583. The second-order valence-corrected chi connectivity index (χ2v) is 6.89. The molecule has 1 aromatic carbocycles. The van der Waals surface area contributed by atoms with Gasteiger partial charge in [0, 0.05) is 6.42 Å². The van der Waals surface area contributed by atoms with Crippen molar-refractivity contribution in [2.45, 2.75) is 46.5 Å². The quantitative estimate of drug-likeness (QED) is 0.612. The number of nitrogens with zero attached hydrogens (tertiary/aromatic N) is 1. The van der Waals surface area contributed by atoms with Crippen molar-refractivity contribution in [2.75, 3.05) is 0 Å². The van der Waals surface area contributed by atoms with Gasteiger partial charge < -0.3 is 4.74 Å². The third-order valence-corrected chi connectivity index (χ3v) is 3.33. The van der Waals surface area contributed by atoms with E-state index in [0.29, 0.717) is 23.9 Å². The maximum Gasteiger partial charge on any atom is 0.363 e. The Bertz CT molecular complexity index is 587. The largest absolute Gasteiger partial charge is 0.407 e. The van der Waals surface area contributed by atoms with Gasteiger partial charge in [-0.2, -0.15) is 0 Å². The van der Waals surface area contributed by atoms with Gasteiger partial charge in [0.25, 0.3) is 0 Å². The van der Waals surface area contributed by atoms with Crippen LogP contribution in [-0.2, 0) is 14.9 Å². The number of esters is 1. The molecule has 0 amide bonds. The van der Waals surface area contributed by atoms with Crippen LogP contribution in [0.2, 0.25) is 0 Å². The van der Waals surface area contributed by atoms with Crippen LogP contribution in [0.4, 0.5) is 0 Å². The first-order valence-electron chi connectivity index (χ1n) is 7.37. The van der Waals surface area contributed by atoms with Gasteiger partial charge in [0.05, 0.1) is 0 Å². The van der Waals surface area contributed by atoms with Crippen molar-refractivity contribution in [3.05, 3.63) is 41.1 Å². The highest BCUT2D eigenvalue weighted by atomic mass is 16.6. The third kappa shape index (κ3) is 4.03. The molecule has 0 saturated heterocycles. The van der Waals surface area contributed by atoms with Gasteiger partial charge in [0.2, 0.25) is 0 Å². The van der Waals surface area contributed by atoms with Crippen molar-refractivity contribution in [1.82, 2.24) is 0 Å². The number of rotatable bonds is 3. The molecule has 0 atom stereocenters. The normalized spacial score (nSPS) is 17.3. The van der Waals surface area contributed by atoms with Crippen molar-refractivity contribution in [2.24, 2.45) is 10.9 Å². The highest BCUT2D eigenvalue weighted by Gasteiger charge is 2.23. The van der Waals surface area contributed by atoms with Crippen LogP contribution < -0.4 is 0 Å². The van der Waals surface area contributed by atoms with Crippen LogP contribution in [0.25, 0.3) is 6.08 Å². The first-order valence-corrected chi connectivity index (χ1v) is 7.37. The smallest absolute Gasteiger partial charge is 0.363 e. The van der Waals surface area contributed by atoms with E-state index in [1.165, 1.54) is 5.56 Å². The highest BCUT2D eigenvalue weighted by molar-refractivity contribution is 6.07. The first kappa shape index (κ1) is 15.5. The Kier molecular flexibility index (Phi) is 4.31. The fraction of sp³-hybridized carbons (Fsp3) is 0.444. The zero-order valence-electron chi connectivity index (χ0n) is 13.4. The molecule has 0 unspecified atom stereocenters. The van der Waals surface area contributed by atoms with E-state index < -0.39 is 0 Å². The summed E-state index contributed by atoms with van der Waals surface area (Å²) < 4.78 is 5.18. The molecule has 3 nitrogen and oxygen atoms in total. The van der Waals surface area contributed by atoms with E-state index >= 15 is 0 Å². The van der Waals surface area contributed by atoms with E-state index in [1.807, 2.05) is 12.1 Å². The molecule has 0 bridgehead atoms. The molecule has 21 heavy (non-hydrogen) atoms. The van der Waals surface area contributed by atoms with Gasteiger partial charge in [-0.25, -0.2) is 9.79 Å². The minimum atomic E-state index is -0.356. The molecule has 1 aromatic rings. The summed E-state index contributed by atoms with van der Waals surface area (Å²) in [6.45, 7) is 10.7. The average Bonchev–Trinajstić information content (AvgIpc) is 2.68. The number of aliphatic imine (C=N–C) groups is 1. The van der Waals surface area contributed by atoms with Gasteiger partial charge in [-0.05, 0) is 28.5 Å². The number of cyclic esters (lactones) is 1. The number of carbonyl (C=O) groups is 1. The monoisotopic (exact) mass is 285 g/mol. The molecule has 112 valence electrons. The summed E-state index contributed by atoms with van der Waals surface area (Å²) in [7, 11) is 0. The topological polar surface area (TPSA) is 38.7 Å². The molecule has 1 aliphatic rings. The van der Waals surface area contributed by atoms with Crippen LogP contribution in [0.5, 0.6) is 0 Å². The molecule has 0 aliphatic carbocycles. The van der Waals surface area contributed by atoms with Crippen LogP contribution in [0, 0.1) is 5.92 Å². The number of benzene rings is 1. The molecule has 0 aromatic heterocycles. The molecule has 1 aliphatic heterocycles. The van der Waals surface area contributed by atoms with E-state index in [9.17, 15) is 4.79 Å². The lowest BCUT2D eigenvalue weighted by Crippen LogP contribution is -2.10. The fourth-order valence-corrected chi connectivity index (χ4v) is 2.13. The molecular formula is C18H23NO2. The maximum absolute atomic E-state index is 11.8. The lowest BCUT2D eigenvalue weighted by molar-refractivity contribution is -0.130. The molecule has 0 N–H and O–H groups in total. The Balaban J connectivity index is 2.20. The molecule has 0 spiro atoms. The minimum Gasteiger partial charge on any atom is -0.407 e. The standard InChI is InChI=1S/C18H23NO2/c1-12(2)10-16-19-15(17(20)21-16)11-13-6-8-14(9-7-13)18(3,4)5/h6-9,11-12H,10H2,1-5H3/b15-11+. The highest BCUT2D eigenvalue weighted by Crippen LogP contribution is 2.24. The summed E-state index contributed by atoms with van der Waals surface area (Å²) in [6, 6.07) is 8.20. The molecule has 1 heterocycles. The summed E-state index contributed by atoms with van der Waals surface area (Å²) in [5, 5.41) is 0. The minimum absolute atomic E-state index is 0.126. The number of hydrogen-bond acceptors (Lipinski definition) is 3. The Hall–Kier alpha value is -1.90. The van der Waals surface area contributed by atoms with Gasteiger partial charge in [-0.1, -0.05) is 58.9 Å². The zero-order valence-corrected chi connectivity index (χ0v) is 13.4. The SMILES string of the molecule is CC(C)CC1=N/C(=C/c2ccc(C(C)(C)C)cc2)C(=O)O1. The molecule has 2 rings (SSSR count). The maximum atomic E-state index is 11.8. The van der Waals surface area contributed by atoms with Crippen molar-refractivity contribution in [1.29, 1.82) is 0 Å². The van der Waals surface area contributed by atoms with Crippen molar-refractivity contribution < 1.29 is 9.53 Å². The van der Waals surface area contributed by atoms with Gasteiger partial charge in [0.15, 0.2) is 11.6 Å². The molecule has 3 heteroatoms. The van der Waals surface area contributed by atoms with Crippen LogP contribution in [0.1, 0.15) is 52.2 Å². The summed E-state index contributed by atoms with van der Waals surface area (Å²) in [5.41, 5.74) is 2.74. The van der Waals surface area contributed by atoms with Crippen molar-refractivity contribution in [3.63, 3.8) is 0 Å². The predicted molar refractivity (Wildman–Crippen MR) is 86.1 cm³/mol. The molecule has 0 saturated carbocycles. The van der Waals surface area contributed by atoms with Crippen LogP contribution in [0.15, 0.2) is 35.0 Å². The van der Waals surface area contributed by atoms with E-state index in [2.05, 4.69) is 51.7 Å². The number of ether oxygens (including phenoxy) is 1. The van der Waals surface area contributed by atoms with Gasteiger partial charge in [-0.15, -0.1) is 0 Å². The van der Waals surface area contributed by atoms with Gasteiger partial charge in [-0.3, -0.25) is 0 Å². The number of carbonyl (C=O) groups excluding carboxylic acids is 1. The summed E-state index contributed by atoms with van der Waals surface area (Å²) in [4.78, 5) is 16.1. The van der Waals surface area contributed by atoms with Crippen molar-refractivity contribution in [3.8, 4) is 0 Å². The Morgan fingerprint density at radius 3 is 2.33 bits per heavy atom. The van der Waals surface area contributed by atoms with E-state index in [-0.39, 0.29) is 11.4 Å². The fourth-order valence-electron chi connectivity index (χ4n) is 2.13. The van der Waals surface area contributed by atoms with Crippen molar-refractivity contribution >= 4 is 17.9 Å². The lowest BCUT2D eigenvalue weighted by atomic mass is 9.87. The van der Waals surface area contributed by atoms with E-state index in [4.69, 9.17) is 4.74 Å². The second-order valence-electron chi connectivity index (χ2n) is 6.89. The first-order chi connectivity index (χ1) is 9.75. The zero-order chi connectivity index (χ0) is 15.6. The van der Waals surface area contributed by atoms with Crippen LogP contribution in [-0.4, -0.2) is 11.9 Å². The second kappa shape index (κ2) is 5.84. The van der Waals surface area contributed by atoms with Gasteiger partial charge >= 0.3 is 5.97 Å². The molecule has 0 radical (unpaired) electrons. The average molecular weight is 285 g/mol. The Morgan fingerprint density at radius 1 is 1.19 bits per heavy atom. The predicted octanol–water partition coefficient (Wildman–Crippen LogP) is 4.33.